The highest BCUT2D eigenvalue weighted by atomic mass is 32.2. The van der Waals surface area contributed by atoms with Crippen LogP contribution in [-0.2, 0) is 5.75 Å². The number of ether oxygens (including phenoxy) is 2. The average Bonchev–Trinajstić information content (AvgIpc) is 2.59. The number of hydrogen-bond donors (Lipinski definition) is 2. The summed E-state index contributed by atoms with van der Waals surface area (Å²) >= 11 is 1.51. The molecule has 8 heteroatoms. The summed E-state index contributed by atoms with van der Waals surface area (Å²) in [4.78, 5) is 30.6. The van der Waals surface area contributed by atoms with Gasteiger partial charge in [-0.3, -0.25) is 9.59 Å². The second-order valence-electron chi connectivity index (χ2n) is 5.22. The lowest BCUT2D eigenvalue weighted by Gasteiger charge is -2.26. The van der Waals surface area contributed by atoms with Crippen molar-refractivity contribution in [2.75, 3.05) is 19.4 Å². The zero-order chi connectivity index (χ0) is 16.9. The van der Waals surface area contributed by atoms with Gasteiger partial charge in [-0.1, -0.05) is 12.1 Å². The lowest BCUT2D eigenvalue weighted by Crippen LogP contribution is -2.41. The molecule has 1 aromatic heterocycles. The van der Waals surface area contributed by atoms with E-state index in [2.05, 4.69) is 15.3 Å². The van der Waals surface area contributed by atoms with Gasteiger partial charge in [0, 0.05) is 6.07 Å². The predicted octanol–water partition coefficient (Wildman–Crippen LogP) is 1.20. The summed E-state index contributed by atoms with van der Waals surface area (Å²) in [7, 11) is 0. The van der Waals surface area contributed by atoms with Crippen LogP contribution in [0.25, 0.3) is 0 Å². The van der Waals surface area contributed by atoms with E-state index < -0.39 is 5.91 Å². The lowest BCUT2D eigenvalue weighted by atomic mass is 10.2. The molecule has 0 aliphatic carbocycles. The number of H-pyrrole nitrogens is 1. The average molecular weight is 347 g/mol. The zero-order valence-electron chi connectivity index (χ0n) is 13.1. The summed E-state index contributed by atoms with van der Waals surface area (Å²) in [6.45, 7) is 0.608. The van der Waals surface area contributed by atoms with Gasteiger partial charge in [-0.05, 0) is 18.4 Å². The van der Waals surface area contributed by atoms with Gasteiger partial charge in [0.15, 0.2) is 11.5 Å². The van der Waals surface area contributed by atoms with E-state index in [1.54, 1.807) is 0 Å². The first-order chi connectivity index (χ1) is 11.7. The summed E-state index contributed by atoms with van der Waals surface area (Å²) in [5.41, 5.74) is -0.245. The SMILES string of the molecule is CSCc1nc(C(=O)NCC2COc3ccccc3O2)cc(=O)[nH]1. The quantitative estimate of drug-likeness (QED) is 0.844. The number of amides is 1. The molecule has 0 radical (unpaired) electrons. The highest BCUT2D eigenvalue weighted by molar-refractivity contribution is 7.97. The Morgan fingerprint density at radius 1 is 1.42 bits per heavy atom. The molecule has 1 aliphatic heterocycles. The van der Waals surface area contributed by atoms with E-state index in [0.717, 1.165) is 0 Å². The van der Waals surface area contributed by atoms with E-state index in [9.17, 15) is 9.59 Å². The highest BCUT2D eigenvalue weighted by Crippen LogP contribution is 2.30. The van der Waals surface area contributed by atoms with Gasteiger partial charge in [-0.2, -0.15) is 11.8 Å². The highest BCUT2D eigenvalue weighted by Gasteiger charge is 2.21. The van der Waals surface area contributed by atoms with E-state index in [4.69, 9.17) is 9.47 Å². The minimum Gasteiger partial charge on any atom is -0.486 e. The van der Waals surface area contributed by atoms with Crippen LogP contribution in [0.1, 0.15) is 16.3 Å². The Morgan fingerprint density at radius 3 is 3.00 bits per heavy atom. The summed E-state index contributed by atoms with van der Waals surface area (Å²) < 4.78 is 11.4. The van der Waals surface area contributed by atoms with Crippen LogP contribution in [0.15, 0.2) is 35.1 Å². The second kappa shape index (κ2) is 7.39. The Balaban J connectivity index is 1.61. The van der Waals surface area contributed by atoms with Crippen molar-refractivity contribution in [3.8, 4) is 11.5 Å². The fourth-order valence-corrected chi connectivity index (χ4v) is 2.70. The summed E-state index contributed by atoms with van der Waals surface area (Å²) in [5, 5.41) is 2.73. The van der Waals surface area contributed by atoms with Gasteiger partial charge in [-0.25, -0.2) is 4.98 Å². The third-order valence-electron chi connectivity index (χ3n) is 3.36. The number of para-hydroxylation sites is 2. The summed E-state index contributed by atoms with van der Waals surface area (Å²) in [5.74, 6) is 1.95. The standard InChI is InChI=1S/C16H17N3O4S/c1-24-9-14-18-11(6-15(20)19-14)16(21)17-7-10-8-22-12-4-2-3-5-13(12)23-10/h2-6,10H,7-9H2,1H3,(H,17,21)(H,18,19,20). The Kier molecular flexibility index (Phi) is 5.05. The lowest BCUT2D eigenvalue weighted by molar-refractivity contribution is 0.0786. The molecule has 2 aromatic rings. The molecule has 0 fully saturated rings. The number of nitrogens with one attached hydrogen (secondary N) is 2. The second-order valence-corrected chi connectivity index (χ2v) is 6.08. The van der Waals surface area contributed by atoms with Crippen LogP contribution >= 0.6 is 11.8 Å². The number of benzene rings is 1. The Morgan fingerprint density at radius 2 is 2.21 bits per heavy atom. The van der Waals surface area contributed by atoms with Gasteiger partial charge < -0.3 is 19.8 Å². The molecular formula is C16H17N3O4S. The number of fused-ring (bicyclic) bond motifs is 1. The van der Waals surface area contributed by atoms with E-state index in [0.29, 0.717) is 29.7 Å². The minimum absolute atomic E-state index is 0.0972. The van der Waals surface area contributed by atoms with Crippen LogP contribution in [-0.4, -0.2) is 41.4 Å². The van der Waals surface area contributed by atoms with Crippen molar-refractivity contribution in [3.63, 3.8) is 0 Å². The molecule has 0 saturated carbocycles. The van der Waals surface area contributed by atoms with Crippen molar-refractivity contribution < 1.29 is 14.3 Å². The number of nitrogens with zero attached hydrogens (tertiary/aromatic N) is 1. The first kappa shape index (κ1) is 16.4. The number of hydrogen-bond acceptors (Lipinski definition) is 6. The van der Waals surface area contributed by atoms with E-state index in [1.165, 1.54) is 17.8 Å². The smallest absolute Gasteiger partial charge is 0.270 e. The number of rotatable bonds is 5. The molecule has 0 spiro atoms. The molecule has 1 aliphatic rings. The number of aromatic amines is 1. The van der Waals surface area contributed by atoms with Gasteiger partial charge in [0.05, 0.1) is 12.3 Å². The third kappa shape index (κ3) is 3.88. The number of carbonyl (C=O) groups is 1. The molecule has 126 valence electrons. The van der Waals surface area contributed by atoms with Gasteiger partial charge in [0.1, 0.15) is 24.2 Å². The molecule has 1 atom stereocenters. The summed E-state index contributed by atoms with van der Waals surface area (Å²) in [6, 6.07) is 8.56. The van der Waals surface area contributed by atoms with Gasteiger partial charge in [0.2, 0.25) is 0 Å². The molecule has 3 rings (SSSR count). The van der Waals surface area contributed by atoms with Crippen LogP contribution in [0.3, 0.4) is 0 Å². The van der Waals surface area contributed by atoms with Crippen LogP contribution in [0.5, 0.6) is 11.5 Å². The molecule has 1 unspecified atom stereocenters. The zero-order valence-corrected chi connectivity index (χ0v) is 13.9. The van der Waals surface area contributed by atoms with Gasteiger partial charge in [0.25, 0.3) is 11.5 Å². The Labute approximate surface area is 142 Å². The first-order valence-electron chi connectivity index (χ1n) is 7.41. The number of carbonyl (C=O) groups excluding carboxylic acids is 1. The van der Waals surface area contributed by atoms with Crippen molar-refractivity contribution >= 4 is 17.7 Å². The van der Waals surface area contributed by atoms with Crippen molar-refractivity contribution in [1.29, 1.82) is 0 Å². The molecule has 1 aromatic carbocycles. The fraction of sp³-hybridized carbons (Fsp3) is 0.312. The van der Waals surface area contributed by atoms with E-state index in [1.807, 2.05) is 30.5 Å². The molecule has 2 heterocycles. The third-order valence-corrected chi connectivity index (χ3v) is 3.92. The molecule has 24 heavy (non-hydrogen) atoms. The molecule has 0 saturated heterocycles. The monoisotopic (exact) mass is 347 g/mol. The van der Waals surface area contributed by atoms with E-state index >= 15 is 0 Å². The topological polar surface area (TPSA) is 93.3 Å². The van der Waals surface area contributed by atoms with Crippen LogP contribution in [0.2, 0.25) is 0 Å². The van der Waals surface area contributed by atoms with Crippen LogP contribution < -0.4 is 20.3 Å². The molecule has 0 bridgehead atoms. The molecule has 2 N–H and O–H groups in total. The maximum atomic E-state index is 12.2. The molecule has 7 nitrogen and oxygen atoms in total. The van der Waals surface area contributed by atoms with Crippen molar-refractivity contribution in [1.82, 2.24) is 15.3 Å². The number of thioether (sulfide) groups is 1. The maximum absolute atomic E-state index is 12.2. The largest absolute Gasteiger partial charge is 0.486 e. The Hall–Kier alpha value is -2.48. The Bertz CT molecular complexity index is 793. The van der Waals surface area contributed by atoms with Gasteiger partial charge in [-0.15, -0.1) is 0 Å². The van der Waals surface area contributed by atoms with Crippen molar-refractivity contribution in [2.24, 2.45) is 0 Å². The van der Waals surface area contributed by atoms with Crippen molar-refractivity contribution in [2.45, 2.75) is 11.9 Å². The van der Waals surface area contributed by atoms with Crippen LogP contribution in [0.4, 0.5) is 0 Å². The maximum Gasteiger partial charge on any atom is 0.270 e. The van der Waals surface area contributed by atoms with Gasteiger partial charge >= 0.3 is 0 Å². The van der Waals surface area contributed by atoms with E-state index in [-0.39, 0.29) is 23.9 Å². The minimum atomic E-state index is -0.411. The molecule has 1 amide bonds. The predicted molar refractivity (Wildman–Crippen MR) is 90.8 cm³/mol. The van der Waals surface area contributed by atoms with Crippen molar-refractivity contribution in [3.05, 3.63) is 52.2 Å². The summed E-state index contributed by atoms with van der Waals surface area (Å²) in [6.07, 6.45) is 1.60. The normalized spacial score (nSPS) is 15.8. The molecular weight excluding hydrogens is 330 g/mol. The number of aromatic nitrogens is 2. The first-order valence-corrected chi connectivity index (χ1v) is 8.81. The fourth-order valence-electron chi connectivity index (χ4n) is 2.29. The van der Waals surface area contributed by atoms with Crippen LogP contribution in [0, 0.1) is 0 Å².